The lowest BCUT2D eigenvalue weighted by Gasteiger charge is -2.42. The zero-order chi connectivity index (χ0) is 33.7. The largest absolute Gasteiger partial charge is 0.363 e. The standard InChI is InChI=1S/C31H52N6O7S/c1-29(2,3)24(34-28(42)35-31(13-9-8-10-14-31)17-36(6)45(7,43)44)27(41)37-16-19-21(30(19,4)5)22(37)26(40)33-20(15-18-11-12-18)23(38)25(32)39/h18-22,24H,8-17H2,1-7H3,(H2,32,39)(H,33,40)(H2,34,35,42)/t19-,20?,21-,22-,24+/m0/s1. The molecule has 1 aliphatic heterocycles. The average molecular weight is 653 g/mol. The van der Waals surface area contributed by atoms with Crippen LogP contribution in [0.15, 0.2) is 0 Å². The first-order valence-electron chi connectivity index (χ1n) is 16.1. The summed E-state index contributed by atoms with van der Waals surface area (Å²) in [6.45, 7) is 10.0. The Morgan fingerprint density at radius 1 is 1.02 bits per heavy atom. The minimum atomic E-state index is -3.48. The van der Waals surface area contributed by atoms with Gasteiger partial charge in [-0.1, -0.05) is 66.7 Å². The second-order valence-electron chi connectivity index (χ2n) is 15.6. The number of Topliss-reactive ketones (excluding diaryl/α,β-unsaturated/α-hetero) is 1. The predicted molar refractivity (Wildman–Crippen MR) is 168 cm³/mol. The van der Waals surface area contributed by atoms with E-state index in [-0.39, 0.29) is 29.7 Å². The number of sulfonamides is 1. The van der Waals surface area contributed by atoms with Crippen LogP contribution in [0.25, 0.3) is 0 Å². The van der Waals surface area contributed by atoms with Crippen molar-refractivity contribution in [3.8, 4) is 0 Å². The number of likely N-dealkylation sites (N-methyl/N-ethyl adjacent to an activating group) is 1. The molecule has 0 bridgehead atoms. The van der Waals surface area contributed by atoms with Crippen LogP contribution >= 0.6 is 0 Å². The van der Waals surface area contributed by atoms with E-state index in [0.29, 0.717) is 25.8 Å². The van der Waals surface area contributed by atoms with Gasteiger partial charge in [0.05, 0.1) is 17.8 Å². The van der Waals surface area contributed by atoms with Crippen molar-refractivity contribution >= 4 is 39.6 Å². The number of fused-ring (bicyclic) bond motifs is 1. The molecule has 0 radical (unpaired) electrons. The molecule has 1 heterocycles. The van der Waals surface area contributed by atoms with E-state index in [9.17, 15) is 32.4 Å². The van der Waals surface area contributed by atoms with Gasteiger partial charge in [0, 0.05) is 20.1 Å². The number of ketones is 1. The minimum Gasteiger partial charge on any atom is -0.363 e. The van der Waals surface area contributed by atoms with E-state index < -0.39 is 68.6 Å². The fourth-order valence-corrected chi connectivity index (χ4v) is 7.96. The van der Waals surface area contributed by atoms with Crippen molar-refractivity contribution in [3.05, 3.63) is 0 Å². The molecule has 1 saturated heterocycles. The van der Waals surface area contributed by atoms with Crippen molar-refractivity contribution < 1.29 is 32.4 Å². The van der Waals surface area contributed by atoms with E-state index in [1.54, 1.807) is 0 Å². The molecular weight excluding hydrogens is 600 g/mol. The lowest BCUT2D eigenvalue weighted by molar-refractivity contribution is -0.145. The third-order valence-corrected chi connectivity index (χ3v) is 11.8. The summed E-state index contributed by atoms with van der Waals surface area (Å²) >= 11 is 0. The number of carbonyl (C=O) groups excluding carboxylic acids is 5. The van der Waals surface area contributed by atoms with E-state index in [1.807, 2.05) is 34.6 Å². The van der Waals surface area contributed by atoms with Crippen molar-refractivity contribution in [2.24, 2.45) is 34.3 Å². The van der Waals surface area contributed by atoms with Crippen LogP contribution in [0.3, 0.4) is 0 Å². The number of nitrogens with two attached hydrogens (primary N) is 1. The summed E-state index contributed by atoms with van der Waals surface area (Å²) in [4.78, 5) is 67.6. The highest BCUT2D eigenvalue weighted by Gasteiger charge is 2.70. The molecule has 5 N–H and O–H groups in total. The third kappa shape index (κ3) is 7.81. The van der Waals surface area contributed by atoms with Crippen LogP contribution in [0.5, 0.6) is 0 Å². The monoisotopic (exact) mass is 652 g/mol. The summed E-state index contributed by atoms with van der Waals surface area (Å²) in [5, 5.41) is 8.68. The Kier molecular flexibility index (Phi) is 9.72. The van der Waals surface area contributed by atoms with Gasteiger partial charge in [-0.25, -0.2) is 17.5 Å². The summed E-state index contributed by atoms with van der Waals surface area (Å²) in [7, 11) is -1.99. The maximum absolute atomic E-state index is 14.3. The zero-order valence-electron chi connectivity index (χ0n) is 27.8. The van der Waals surface area contributed by atoms with Gasteiger partial charge in [0.25, 0.3) is 5.91 Å². The summed E-state index contributed by atoms with van der Waals surface area (Å²) < 4.78 is 25.7. The van der Waals surface area contributed by atoms with E-state index in [4.69, 9.17) is 5.73 Å². The molecule has 14 heteroatoms. The van der Waals surface area contributed by atoms with Gasteiger partial charge in [-0.15, -0.1) is 0 Å². The number of primary amides is 1. The van der Waals surface area contributed by atoms with Crippen molar-refractivity contribution in [2.75, 3.05) is 26.4 Å². The predicted octanol–water partition coefficient (Wildman–Crippen LogP) is 1.12. The van der Waals surface area contributed by atoms with Crippen LogP contribution in [-0.2, 0) is 29.2 Å². The average Bonchev–Trinajstić information content (AvgIpc) is 3.77. The second kappa shape index (κ2) is 12.5. The number of hydrogen-bond acceptors (Lipinski definition) is 7. The Hall–Kier alpha value is -2.74. The van der Waals surface area contributed by atoms with Crippen molar-refractivity contribution in [2.45, 2.75) is 110 Å². The molecule has 0 aromatic carbocycles. The van der Waals surface area contributed by atoms with Crippen molar-refractivity contribution in [3.63, 3.8) is 0 Å². The Morgan fingerprint density at radius 3 is 2.13 bits per heavy atom. The fraction of sp³-hybridized carbons (Fsp3) is 0.839. The Balaban J connectivity index is 1.54. The number of nitrogens with zero attached hydrogens (tertiary/aromatic N) is 2. The van der Waals surface area contributed by atoms with Gasteiger partial charge in [0.1, 0.15) is 12.1 Å². The summed E-state index contributed by atoms with van der Waals surface area (Å²) in [5.74, 6) is -2.69. The maximum atomic E-state index is 14.3. The highest BCUT2D eigenvalue weighted by Crippen LogP contribution is 2.65. The van der Waals surface area contributed by atoms with E-state index in [0.717, 1.165) is 38.4 Å². The number of carbonyl (C=O) groups is 5. The van der Waals surface area contributed by atoms with Gasteiger partial charge in [-0.05, 0) is 47.8 Å². The highest BCUT2D eigenvalue weighted by atomic mass is 32.2. The lowest BCUT2D eigenvalue weighted by atomic mass is 9.81. The van der Waals surface area contributed by atoms with Crippen molar-refractivity contribution in [1.82, 2.24) is 25.2 Å². The van der Waals surface area contributed by atoms with E-state index in [1.165, 1.54) is 16.3 Å². The summed E-state index contributed by atoms with van der Waals surface area (Å²) in [6, 6.07) is -3.49. The molecule has 4 aliphatic rings. The Labute approximate surface area is 267 Å². The second-order valence-corrected chi connectivity index (χ2v) is 17.7. The Bertz CT molecular complexity index is 1320. The van der Waals surface area contributed by atoms with Gasteiger partial charge >= 0.3 is 6.03 Å². The van der Waals surface area contributed by atoms with Crippen LogP contribution in [0, 0.1) is 28.6 Å². The highest BCUT2D eigenvalue weighted by molar-refractivity contribution is 7.88. The summed E-state index contributed by atoms with van der Waals surface area (Å²) in [6.07, 6.45) is 7.15. The third-order valence-electron chi connectivity index (χ3n) is 10.6. The number of rotatable bonds is 12. The lowest BCUT2D eigenvalue weighted by Crippen LogP contribution is -2.64. The number of amides is 5. The number of likely N-dealkylation sites (tertiary alicyclic amines) is 1. The fourth-order valence-electron chi connectivity index (χ4n) is 7.48. The van der Waals surface area contributed by atoms with Crippen LogP contribution in [0.4, 0.5) is 4.79 Å². The first-order valence-corrected chi connectivity index (χ1v) is 18.0. The smallest absolute Gasteiger partial charge is 0.315 e. The van der Waals surface area contributed by atoms with E-state index in [2.05, 4.69) is 16.0 Å². The molecule has 0 aromatic heterocycles. The summed E-state index contributed by atoms with van der Waals surface area (Å²) in [5.41, 5.74) is 3.58. The molecule has 3 aliphatic carbocycles. The topological polar surface area (TPSA) is 188 Å². The van der Waals surface area contributed by atoms with Crippen LogP contribution in [0.2, 0.25) is 0 Å². The first kappa shape index (κ1) is 35.1. The van der Waals surface area contributed by atoms with Crippen molar-refractivity contribution in [1.29, 1.82) is 0 Å². The van der Waals surface area contributed by atoms with Gasteiger partial charge in [-0.2, -0.15) is 0 Å². The number of urea groups is 1. The molecule has 5 atom stereocenters. The zero-order valence-corrected chi connectivity index (χ0v) is 28.6. The van der Waals surface area contributed by atoms with Crippen LogP contribution in [-0.4, -0.2) is 97.2 Å². The van der Waals surface area contributed by atoms with Gasteiger partial charge in [0.2, 0.25) is 27.6 Å². The number of hydrogen-bond donors (Lipinski definition) is 4. The molecule has 45 heavy (non-hydrogen) atoms. The van der Waals surface area contributed by atoms with Gasteiger partial charge < -0.3 is 26.6 Å². The molecule has 254 valence electrons. The molecule has 4 rings (SSSR count). The minimum absolute atomic E-state index is 0.0670. The molecule has 0 spiro atoms. The van der Waals surface area contributed by atoms with Gasteiger partial charge in [0.15, 0.2) is 0 Å². The SMILES string of the molecule is CN(CC1(NC(=O)N[C@H](C(=O)N2C[C@H]3[C@@H]([C@H]2C(=O)NC(CC2CC2)C(=O)C(N)=O)C3(C)C)C(C)(C)C)CCCCC1)S(C)(=O)=O. The molecular formula is C31H52N6O7S. The molecule has 3 saturated carbocycles. The normalized spacial score (nSPS) is 26.8. The molecule has 13 nitrogen and oxygen atoms in total. The maximum Gasteiger partial charge on any atom is 0.315 e. The van der Waals surface area contributed by atoms with Crippen LogP contribution in [0.1, 0.15) is 86.0 Å². The van der Waals surface area contributed by atoms with Crippen LogP contribution < -0.4 is 21.7 Å². The first-order chi connectivity index (χ1) is 20.7. The Morgan fingerprint density at radius 2 is 1.62 bits per heavy atom. The molecule has 5 amide bonds. The molecule has 4 fully saturated rings. The number of nitrogens with one attached hydrogen (secondary N) is 3. The van der Waals surface area contributed by atoms with E-state index >= 15 is 0 Å². The van der Waals surface area contributed by atoms with Gasteiger partial charge in [-0.3, -0.25) is 19.2 Å². The quantitative estimate of drug-likeness (QED) is 0.227. The molecule has 0 aromatic rings. The molecule has 1 unspecified atom stereocenters. The number of piperidine rings is 1.